The fraction of sp³-hybridized carbons (Fsp3) is 0.136. The van der Waals surface area contributed by atoms with Gasteiger partial charge in [-0.2, -0.15) is 0 Å². The highest BCUT2D eigenvalue weighted by Gasteiger charge is 2.18. The molecule has 6 nitrogen and oxygen atoms in total. The fourth-order valence-electron chi connectivity index (χ4n) is 2.69. The van der Waals surface area contributed by atoms with Gasteiger partial charge in [-0.1, -0.05) is 36.4 Å². The lowest BCUT2D eigenvalue weighted by Gasteiger charge is -2.11. The predicted octanol–water partition coefficient (Wildman–Crippen LogP) is 5.19. The summed E-state index contributed by atoms with van der Waals surface area (Å²) in [5.41, 5.74) is 2.42. The summed E-state index contributed by atoms with van der Waals surface area (Å²) >= 11 is 6.80. The van der Waals surface area contributed by atoms with Crippen molar-refractivity contribution in [2.75, 3.05) is 24.4 Å². The Morgan fingerprint density at radius 3 is 2.47 bits per heavy atom. The lowest BCUT2D eigenvalue weighted by Crippen LogP contribution is -2.20. The van der Waals surface area contributed by atoms with Crippen LogP contribution in [0, 0.1) is 0 Å². The van der Waals surface area contributed by atoms with Crippen LogP contribution in [0.4, 0.5) is 10.7 Å². The highest BCUT2D eigenvalue weighted by Crippen LogP contribution is 2.36. The third kappa shape index (κ3) is 5.22. The number of carbonyl (C=O) groups excluding carboxylic acids is 2. The van der Waals surface area contributed by atoms with E-state index < -0.39 is 11.9 Å². The molecule has 2 aromatic carbocycles. The summed E-state index contributed by atoms with van der Waals surface area (Å²) in [5, 5.41) is 6.94. The van der Waals surface area contributed by atoms with Crippen molar-refractivity contribution in [1.82, 2.24) is 0 Å². The van der Waals surface area contributed by atoms with Crippen molar-refractivity contribution in [3.63, 3.8) is 0 Å². The fourth-order valence-corrected chi connectivity index (χ4v) is 4.03. The van der Waals surface area contributed by atoms with Crippen molar-refractivity contribution in [1.29, 1.82) is 0 Å². The Morgan fingerprint density at radius 2 is 1.77 bits per heavy atom. The second-order valence-electron chi connectivity index (χ2n) is 6.09. The van der Waals surface area contributed by atoms with Crippen LogP contribution in [0.1, 0.15) is 27.6 Å². The van der Waals surface area contributed by atoms with Crippen LogP contribution in [0.2, 0.25) is 0 Å². The van der Waals surface area contributed by atoms with Gasteiger partial charge in [-0.15, -0.1) is 11.3 Å². The molecule has 3 rings (SSSR count). The zero-order valence-corrected chi connectivity index (χ0v) is 18.1. The predicted molar refractivity (Wildman–Crippen MR) is 123 cm³/mol. The van der Waals surface area contributed by atoms with E-state index in [9.17, 15) is 9.59 Å². The van der Waals surface area contributed by atoms with Gasteiger partial charge in [0.15, 0.2) is 5.11 Å². The molecule has 0 atom stereocenters. The van der Waals surface area contributed by atoms with Crippen LogP contribution in [0.15, 0.2) is 60.7 Å². The van der Waals surface area contributed by atoms with E-state index in [1.165, 1.54) is 18.4 Å². The molecule has 154 valence electrons. The molecule has 0 aliphatic rings. The molecule has 0 aliphatic heterocycles. The Morgan fingerprint density at radius 1 is 1.00 bits per heavy atom. The van der Waals surface area contributed by atoms with Crippen molar-refractivity contribution in [3.05, 3.63) is 71.8 Å². The highest BCUT2D eigenvalue weighted by molar-refractivity contribution is 7.80. The maximum Gasteiger partial charge on any atom is 0.340 e. The Labute approximate surface area is 183 Å². The summed E-state index contributed by atoms with van der Waals surface area (Å²) in [7, 11) is 1.34. The molecule has 0 fully saturated rings. The molecule has 0 saturated carbocycles. The smallest absolute Gasteiger partial charge is 0.340 e. The first-order valence-electron chi connectivity index (χ1n) is 9.14. The van der Waals surface area contributed by atoms with Gasteiger partial charge in [0.05, 0.1) is 24.8 Å². The summed E-state index contributed by atoms with van der Waals surface area (Å²) in [6, 6.07) is 18.3. The van der Waals surface area contributed by atoms with Crippen molar-refractivity contribution in [3.8, 4) is 10.4 Å². The molecule has 0 aliphatic carbocycles. The number of carbonyl (C=O) groups is 2. The monoisotopic (exact) mass is 440 g/mol. The van der Waals surface area contributed by atoms with Crippen LogP contribution in [0.25, 0.3) is 10.4 Å². The number of thiocarbonyl (C=S) groups is 1. The normalized spacial score (nSPS) is 10.2. The first-order chi connectivity index (χ1) is 14.5. The number of rotatable bonds is 6. The lowest BCUT2D eigenvalue weighted by molar-refractivity contribution is 0.0525. The molecule has 0 spiro atoms. The SMILES string of the molecule is CCOC(=O)c1cccc(NC(=S)Nc2sc(-c3ccccc3)cc2C(=O)OC)c1. The summed E-state index contributed by atoms with van der Waals surface area (Å²) in [5.74, 6) is -0.859. The van der Waals surface area contributed by atoms with Crippen LogP contribution >= 0.6 is 23.6 Å². The molecule has 30 heavy (non-hydrogen) atoms. The maximum absolute atomic E-state index is 12.2. The van der Waals surface area contributed by atoms with Crippen molar-refractivity contribution in [2.24, 2.45) is 0 Å². The van der Waals surface area contributed by atoms with Crippen LogP contribution in [0.5, 0.6) is 0 Å². The highest BCUT2D eigenvalue weighted by atomic mass is 32.1. The molecule has 1 heterocycles. The Bertz CT molecular complexity index is 1060. The molecule has 0 radical (unpaired) electrons. The quantitative estimate of drug-likeness (QED) is 0.404. The molecule has 0 amide bonds. The number of ether oxygens (including phenoxy) is 2. The molecule has 8 heteroatoms. The zero-order chi connectivity index (χ0) is 21.5. The first-order valence-corrected chi connectivity index (χ1v) is 10.4. The second-order valence-corrected chi connectivity index (χ2v) is 7.55. The van der Waals surface area contributed by atoms with Crippen molar-refractivity contribution in [2.45, 2.75) is 6.92 Å². The standard InChI is InChI=1S/C22H20N2O4S2/c1-3-28-20(25)15-10-7-11-16(12-15)23-22(29)24-19-17(21(26)27-2)13-18(30-19)14-8-5-4-6-9-14/h4-13H,3H2,1-2H3,(H2,23,24,29). The van der Waals surface area contributed by atoms with E-state index in [1.807, 2.05) is 30.3 Å². The molecular formula is C22H20N2O4S2. The van der Waals surface area contributed by atoms with E-state index in [2.05, 4.69) is 10.6 Å². The van der Waals surface area contributed by atoms with Gasteiger partial charge in [0.2, 0.25) is 0 Å². The molecule has 0 bridgehead atoms. The van der Waals surface area contributed by atoms with Gasteiger partial charge in [-0.25, -0.2) is 9.59 Å². The van der Waals surface area contributed by atoms with E-state index in [0.717, 1.165) is 10.4 Å². The van der Waals surface area contributed by atoms with Gasteiger partial charge >= 0.3 is 11.9 Å². The van der Waals surface area contributed by atoms with Crippen LogP contribution < -0.4 is 10.6 Å². The summed E-state index contributed by atoms with van der Waals surface area (Å²) in [6.07, 6.45) is 0. The van der Waals surface area contributed by atoms with Gasteiger partial charge in [-0.3, -0.25) is 0 Å². The van der Waals surface area contributed by atoms with E-state index in [-0.39, 0.29) is 5.11 Å². The van der Waals surface area contributed by atoms with Crippen LogP contribution in [-0.2, 0) is 9.47 Å². The third-order valence-electron chi connectivity index (χ3n) is 4.05. The summed E-state index contributed by atoms with van der Waals surface area (Å²) in [6.45, 7) is 2.05. The number of esters is 2. The van der Waals surface area contributed by atoms with Gasteiger partial charge in [0.25, 0.3) is 0 Å². The largest absolute Gasteiger partial charge is 0.465 e. The molecule has 0 saturated heterocycles. The number of hydrogen-bond acceptors (Lipinski definition) is 6. The Kier molecular flexibility index (Phi) is 7.16. The molecule has 1 aromatic heterocycles. The number of benzene rings is 2. The molecule has 2 N–H and O–H groups in total. The zero-order valence-electron chi connectivity index (χ0n) is 16.4. The lowest BCUT2D eigenvalue weighted by atomic mass is 10.1. The minimum atomic E-state index is -0.456. The number of anilines is 2. The van der Waals surface area contributed by atoms with Gasteiger partial charge in [0, 0.05) is 10.6 Å². The molecule has 3 aromatic rings. The maximum atomic E-state index is 12.2. The summed E-state index contributed by atoms with van der Waals surface area (Å²) < 4.78 is 9.92. The van der Waals surface area contributed by atoms with Crippen molar-refractivity contribution < 1.29 is 19.1 Å². The van der Waals surface area contributed by atoms with Gasteiger partial charge in [-0.05, 0) is 49.0 Å². The van der Waals surface area contributed by atoms with E-state index >= 15 is 0 Å². The molecule has 0 unspecified atom stereocenters. The van der Waals surface area contributed by atoms with Crippen LogP contribution in [0.3, 0.4) is 0 Å². The average Bonchev–Trinajstić information content (AvgIpc) is 3.17. The van der Waals surface area contributed by atoms with E-state index in [4.69, 9.17) is 21.7 Å². The number of methoxy groups -OCH3 is 1. The number of hydrogen-bond donors (Lipinski definition) is 2. The Balaban J connectivity index is 1.79. The van der Waals surface area contributed by atoms with Crippen LogP contribution in [-0.4, -0.2) is 30.8 Å². The number of thiophene rings is 1. The van der Waals surface area contributed by atoms with Gasteiger partial charge < -0.3 is 20.1 Å². The minimum absolute atomic E-state index is 0.280. The third-order valence-corrected chi connectivity index (χ3v) is 5.36. The Hall–Kier alpha value is -3.23. The minimum Gasteiger partial charge on any atom is -0.465 e. The average molecular weight is 441 g/mol. The van der Waals surface area contributed by atoms with E-state index in [0.29, 0.717) is 28.4 Å². The van der Waals surface area contributed by atoms with Crippen molar-refractivity contribution >= 4 is 51.3 Å². The van der Waals surface area contributed by atoms with Gasteiger partial charge in [0.1, 0.15) is 5.00 Å². The number of nitrogens with one attached hydrogen (secondary N) is 2. The second kappa shape index (κ2) is 10.00. The first kappa shape index (κ1) is 21.5. The summed E-state index contributed by atoms with van der Waals surface area (Å²) in [4.78, 5) is 25.1. The molecular weight excluding hydrogens is 420 g/mol. The van der Waals surface area contributed by atoms with E-state index in [1.54, 1.807) is 37.3 Å². The topological polar surface area (TPSA) is 76.7 Å².